The minimum absolute atomic E-state index is 0.125. The second kappa shape index (κ2) is 7.01. The van der Waals surface area contributed by atoms with Gasteiger partial charge in [0, 0.05) is 17.4 Å². The summed E-state index contributed by atoms with van der Waals surface area (Å²) < 4.78 is 0. The summed E-state index contributed by atoms with van der Waals surface area (Å²) >= 11 is 0. The van der Waals surface area contributed by atoms with Crippen molar-refractivity contribution in [1.29, 1.82) is 0 Å². The summed E-state index contributed by atoms with van der Waals surface area (Å²) in [4.78, 5) is 2.52. The molecular weight excluding hydrogens is 290 g/mol. The highest BCUT2D eigenvalue weighted by atomic mass is 15.2. The normalized spacial score (nSPS) is 12.1. The third kappa shape index (κ3) is 3.36. The highest BCUT2D eigenvalue weighted by molar-refractivity contribution is 5.73. The minimum atomic E-state index is 0.125. The quantitative estimate of drug-likeness (QED) is 0.586. The first-order chi connectivity index (χ1) is 11.2. The van der Waals surface area contributed by atoms with Gasteiger partial charge in [-0.15, -0.1) is 0 Å². The lowest BCUT2D eigenvalue weighted by Gasteiger charge is -2.39. The van der Waals surface area contributed by atoms with Crippen molar-refractivity contribution in [3.8, 4) is 0 Å². The molecule has 1 heteroatoms. The maximum absolute atomic E-state index is 2.52. The van der Waals surface area contributed by atoms with Gasteiger partial charge in [0.15, 0.2) is 0 Å². The van der Waals surface area contributed by atoms with E-state index in [-0.39, 0.29) is 5.41 Å². The Morgan fingerprint density at radius 2 is 1.33 bits per heavy atom. The van der Waals surface area contributed by atoms with E-state index in [4.69, 9.17) is 0 Å². The number of para-hydroxylation sites is 2. The Morgan fingerprint density at radius 1 is 0.792 bits per heavy atom. The van der Waals surface area contributed by atoms with Crippen LogP contribution in [0.4, 0.5) is 11.4 Å². The van der Waals surface area contributed by atoms with E-state index in [9.17, 15) is 0 Å². The summed E-state index contributed by atoms with van der Waals surface area (Å²) in [6.07, 6.45) is 0. The first-order valence-corrected chi connectivity index (χ1v) is 9.12. The zero-order valence-electron chi connectivity index (χ0n) is 16.6. The monoisotopic (exact) mass is 323 g/mol. The van der Waals surface area contributed by atoms with Crippen molar-refractivity contribution in [3.63, 3.8) is 0 Å². The molecule has 0 unspecified atom stereocenters. The summed E-state index contributed by atoms with van der Waals surface area (Å²) in [5, 5.41) is 0. The highest BCUT2D eigenvalue weighted by Crippen LogP contribution is 2.42. The van der Waals surface area contributed by atoms with Crippen LogP contribution in [0.2, 0.25) is 0 Å². The highest BCUT2D eigenvalue weighted by Gasteiger charge is 2.30. The average molecular weight is 324 g/mol. The van der Waals surface area contributed by atoms with Crippen LogP contribution in [0.25, 0.3) is 0 Å². The van der Waals surface area contributed by atoms with Gasteiger partial charge in [0.2, 0.25) is 0 Å². The van der Waals surface area contributed by atoms with Crippen LogP contribution in [-0.4, -0.2) is 6.04 Å². The standard InChI is InChI=1S/C23H33N/c1-16(2)23(7,8)20-14-9-10-15-21(20)24(17(3)4)22-18(5)12-11-13-19(22)6/h9-17H,1-8H3. The largest absolute Gasteiger partial charge is 0.338 e. The topological polar surface area (TPSA) is 3.24 Å². The van der Waals surface area contributed by atoms with Gasteiger partial charge >= 0.3 is 0 Å². The Hall–Kier alpha value is -1.76. The molecule has 0 aliphatic heterocycles. The molecule has 0 bridgehead atoms. The number of aryl methyl sites for hydroxylation is 2. The fraction of sp³-hybridized carbons (Fsp3) is 0.478. The molecule has 0 fully saturated rings. The van der Waals surface area contributed by atoms with E-state index in [1.54, 1.807) is 0 Å². The Labute approximate surface area is 148 Å². The zero-order valence-corrected chi connectivity index (χ0v) is 16.6. The van der Waals surface area contributed by atoms with Crippen LogP contribution in [0.15, 0.2) is 42.5 Å². The molecule has 2 aromatic carbocycles. The second-order valence-electron chi connectivity index (χ2n) is 8.10. The van der Waals surface area contributed by atoms with Gasteiger partial charge in [-0.3, -0.25) is 0 Å². The van der Waals surface area contributed by atoms with E-state index in [0.717, 1.165) is 0 Å². The first kappa shape index (κ1) is 18.6. The van der Waals surface area contributed by atoms with E-state index in [0.29, 0.717) is 12.0 Å². The molecular formula is C23H33N. The number of hydrogen-bond acceptors (Lipinski definition) is 1. The number of rotatable bonds is 5. The van der Waals surface area contributed by atoms with Gasteiger partial charge in [-0.1, -0.05) is 64.1 Å². The van der Waals surface area contributed by atoms with Crippen LogP contribution in [0.3, 0.4) is 0 Å². The van der Waals surface area contributed by atoms with Gasteiger partial charge in [0.25, 0.3) is 0 Å². The summed E-state index contributed by atoms with van der Waals surface area (Å²) in [6, 6.07) is 15.9. The van der Waals surface area contributed by atoms with Crippen molar-refractivity contribution in [1.82, 2.24) is 0 Å². The Bertz CT molecular complexity index is 675. The van der Waals surface area contributed by atoms with Crippen molar-refractivity contribution in [2.75, 3.05) is 4.90 Å². The molecule has 0 N–H and O–H groups in total. The molecule has 0 heterocycles. The second-order valence-corrected chi connectivity index (χ2v) is 8.10. The lowest BCUT2D eigenvalue weighted by atomic mass is 9.74. The van der Waals surface area contributed by atoms with E-state index in [1.165, 1.54) is 28.1 Å². The number of hydrogen-bond donors (Lipinski definition) is 0. The van der Waals surface area contributed by atoms with Crippen molar-refractivity contribution >= 4 is 11.4 Å². The molecule has 130 valence electrons. The summed E-state index contributed by atoms with van der Waals surface area (Å²) in [6.45, 7) is 18.3. The van der Waals surface area contributed by atoms with Crippen LogP contribution in [-0.2, 0) is 5.41 Å². The molecule has 0 spiro atoms. The average Bonchev–Trinajstić information content (AvgIpc) is 2.50. The molecule has 0 aromatic heterocycles. The third-order valence-corrected chi connectivity index (χ3v) is 5.50. The Morgan fingerprint density at radius 3 is 1.83 bits per heavy atom. The van der Waals surface area contributed by atoms with Crippen LogP contribution in [0.5, 0.6) is 0 Å². The van der Waals surface area contributed by atoms with Crippen LogP contribution >= 0.6 is 0 Å². The molecule has 2 aromatic rings. The molecule has 2 rings (SSSR count). The van der Waals surface area contributed by atoms with Crippen LogP contribution < -0.4 is 4.90 Å². The van der Waals surface area contributed by atoms with Gasteiger partial charge in [-0.2, -0.15) is 0 Å². The van der Waals surface area contributed by atoms with Gasteiger partial charge < -0.3 is 4.90 Å². The number of benzene rings is 2. The maximum atomic E-state index is 2.52. The minimum Gasteiger partial charge on any atom is -0.338 e. The fourth-order valence-electron chi connectivity index (χ4n) is 3.38. The molecule has 0 aliphatic rings. The SMILES string of the molecule is Cc1cccc(C)c1N(c1ccccc1C(C)(C)C(C)C)C(C)C. The fourth-order valence-corrected chi connectivity index (χ4v) is 3.38. The summed E-state index contributed by atoms with van der Waals surface area (Å²) in [7, 11) is 0. The Balaban J connectivity index is 2.72. The van der Waals surface area contributed by atoms with Crippen LogP contribution in [0.1, 0.15) is 58.2 Å². The number of anilines is 2. The summed E-state index contributed by atoms with van der Waals surface area (Å²) in [5.41, 5.74) is 6.90. The molecule has 0 radical (unpaired) electrons. The van der Waals surface area contributed by atoms with E-state index in [2.05, 4.69) is 103 Å². The molecule has 0 atom stereocenters. The maximum Gasteiger partial charge on any atom is 0.0472 e. The lowest BCUT2D eigenvalue weighted by molar-refractivity contribution is 0.372. The molecule has 0 aliphatic carbocycles. The Kier molecular flexibility index (Phi) is 5.42. The zero-order chi connectivity index (χ0) is 18.1. The first-order valence-electron chi connectivity index (χ1n) is 9.12. The van der Waals surface area contributed by atoms with Crippen molar-refractivity contribution in [2.24, 2.45) is 5.92 Å². The molecule has 1 nitrogen and oxygen atoms in total. The molecule has 24 heavy (non-hydrogen) atoms. The van der Waals surface area contributed by atoms with Crippen LogP contribution in [0, 0.1) is 19.8 Å². The van der Waals surface area contributed by atoms with Gasteiger partial charge in [0.05, 0.1) is 0 Å². The van der Waals surface area contributed by atoms with E-state index < -0.39 is 0 Å². The van der Waals surface area contributed by atoms with Gasteiger partial charge in [-0.25, -0.2) is 0 Å². The summed E-state index contributed by atoms with van der Waals surface area (Å²) in [5.74, 6) is 0.575. The van der Waals surface area contributed by atoms with Crippen molar-refractivity contribution in [2.45, 2.75) is 66.8 Å². The molecule has 0 saturated heterocycles. The number of nitrogens with zero attached hydrogens (tertiary/aromatic N) is 1. The van der Waals surface area contributed by atoms with E-state index in [1.807, 2.05) is 0 Å². The predicted molar refractivity (Wildman–Crippen MR) is 107 cm³/mol. The van der Waals surface area contributed by atoms with Gasteiger partial charge in [-0.05, 0) is 61.8 Å². The van der Waals surface area contributed by atoms with Crippen molar-refractivity contribution in [3.05, 3.63) is 59.2 Å². The lowest BCUT2D eigenvalue weighted by Crippen LogP contribution is -2.32. The van der Waals surface area contributed by atoms with Gasteiger partial charge in [0.1, 0.15) is 0 Å². The smallest absolute Gasteiger partial charge is 0.0472 e. The molecule has 0 amide bonds. The van der Waals surface area contributed by atoms with Crippen molar-refractivity contribution < 1.29 is 0 Å². The third-order valence-electron chi connectivity index (χ3n) is 5.50. The predicted octanol–water partition coefficient (Wildman–Crippen LogP) is 6.78. The molecule has 0 saturated carbocycles. The van der Waals surface area contributed by atoms with E-state index >= 15 is 0 Å².